The molecular formula is C27H42N4O4. The summed E-state index contributed by atoms with van der Waals surface area (Å²) in [5.74, 6) is 0.260. The van der Waals surface area contributed by atoms with E-state index in [1.807, 2.05) is 24.8 Å². The second-order valence-electron chi connectivity index (χ2n) is 10.5. The summed E-state index contributed by atoms with van der Waals surface area (Å²) < 4.78 is 0. The summed E-state index contributed by atoms with van der Waals surface area (Å²) >= 11 is 0. The van der Waals surface area contributed by atoms with Crippen molar-refractivity contribution >= 4 is 18.2 Å². The Hall–Kier alpha value is -2.45. The molecule has 1 aromatic carbocycles. The van der Waals surface area contributed by atoms with Crippen LogP contribution in [0.5, 0.6) is 0 Å². The van der Waals surface area contributed by atoms with E-state index in [1.54, 1.807) is 5.01 Å². The summed E-state index contributed by atoms with van der Waals surface area (Å²) in [5, 5.41) is 12.0. The van der Waals surface area contributed by atoms with Crippen LogP contribution in [0.2, 0.25) is 0 Å². The molecule has 2 fully saturated rings. The molecule has 0 bridgehead atoms. The molecule has 0 spiro atoms. The number of hydrogen-bond donors (Lipinski definition) is 2. The number of carbonyl (C=O) groups is 3. The molecule has 1 heterocycles. The lowest BCUT2D eigenvalue weighted by Crippen LogP contribution is -2.54. The van der Waals surface area contributed by atoms with Gasteiger partial charge in [-0.3, -0.25) is 25.0 Å². The number of piperidine rings is 1. The predicted molar refractivity (Wildman–Crippen MR) is 134 cm³/mol. The highest BCUT2D eigenvalue weighted by molar-refractivity contribution is 5.81. The Labute approximate surface area is 209 Å². The molecule has 1 aromatic rings. The van der Waals surface area contributed by atoms with Gasteiger partial charge in [0.1, 0.15) is 0 Å². The van der Waals surface area contributed by atoms with Crippen LogP contribution in [0.4, 0.5) is 0 Å². The second kappa shape index (κ2) is 13.6. The fraction of sp³-hybridized carbons (Fsp3) is 0.667. The molecule has 1 aliphatic carbocycles. The van der Waals surface area contributed by atoms with Crippen LogP contribution in [0.25, 0.3) is 0 Å². The number of benzene rings is 1. The highest BCUT2D eigenvalue weighted by Gasteiger charge is 2.30. The van der Waals surface area contributed by atoms with Gasteiger partial charge in [-0.15, -0.1) is 0 Å². The minimum absolute atomic E-state index is 0.0150. The third-order valence-corrected chi connectivity index (χ3v) is 7.51. The van der Waals surface area contributed by atoms with Crippen LogP contribution in [0, 0.1) is 17.8 Å². The third-order valence-electron chi connectivity index (χ3n) is 7.51. The third kappa shape index (κ3) is 8.61. The van der Waals surface area contributed by atoms with Gasteiger partial charge in [-0.1, -0.05) is 56.0 Å². The van der Waals surface area contributed by atoms with E-state index >= 15 is 0 Å². The van der Waals surface area contributed by atoms with Crippen LogP contribution in [-0.4, -0.2) is 70.6 Å². The van der Waals surface area contributed by atoms with Gasteiger partial charge in [-0.25, -0.2) is 10.1 Å². The van der Waals surface area contributed by atoms with Gasteiger partial charge >= 0.3 is 0 Å². The van der Waals surface area contributed by atoms with Crippen molar-refractivity contribution in [2.75, 3.05) is 26.2 Å². The van der Waals surface area contributed by atoms with Gasteiger partial charge < -0.3 is 4.90 Å². The summed E-state index contributed by atoms with van der Waals surface area (Å²) in [4.78, 5) is 39.1. The molecule has 0 unspecified atom stereocenters. The Morgan fingerprint density at radius 3 is 2.34 bits per heavy atom. The monoisotopic (exact) mass is 486 g/mol. The zero-order valence-corrected chi connectivity index (χ0v) is 21.3. The first kappa shape index (κ1) is 27.1. The molecule has 1 aliphatic heterocycles. The highest BCUT2D eigenvalue weighted by atomic mass is 16.5. The lowest BCUT2D eigenvalue weighted by molar-refractivity contribution is -0.156. The smallest absolute Gasteiger partial charge is 0.239 e. The van der Waals surface area contributed by atoms with Crippen LogP contribution in [0.15, 0.2) is 30.3 Å². The molecule has 3 amide bonds. The van der Waals surface area contributed by atoms with Gasteiger partial charge in [0, 0.05) is 19.1 Å². The molecule has 0 radical (unpaired) electrons. The number of nitrogens with one attached hydrogen (secondary N) is 1. The van der Waals surface area contributed by atoms with Gasteiger partial charge in [0.15, 0.2) is 0 Å². The first-order valence-electron chi connectivity index (χ1n) is 13.1. The fourth-order valence-corrected chi connectivity index (χ4v) is 5.35. The van der Waals surface area contributed by atoms with E-state index in [0.29, 0.717) is 29.7 Å². The number of hydrazine groups is 1. The highest BCUT2D eigenvalue weighted by Crippen LogP contribution is 2.30. The maximum absolute atomic E-state index is 13.1. The average Bonchev–Trinajstić information content (AvgIpc) is 3.37. The van der Waals surface area contributed by atoms with Crippen molar-refractivity contribution < 1.29 is 19.6 Å². The van der Waals surface area contributed by atoms with Crippen LogP contribution >= 0.6 is 0 Å². The molecule has 194 valence electrons. The normalized spacial score (nSPS) is 18.1. The number of hydroxylamine groups is 2. The van der Waals surface area contributed by atoms with E-state index < -0.39 is 5.92 Å². The van der Waals surface area contributed by atoms with Crippen molar-refractivity contribution in [3.63, 3.8) is 0 Å². The SMILES string of the molecule is CC(C)N(CC(=O)N1CCC(Cc2ccccc2)CC1)NC(=O)[C@H](CC1CCCC1)CN(O)C=O. The molecule has 1 saturated carbocycles. The Morgan fingerprint density at radius 2 is 1.74 bits per heavy atom. The quantitative estimate of drug-likeness (QED) is 0.269. The van der Waals surface area contributed by atoms with E-state index in [4.69, 9.17) is 0 Å². The van der Waals surface area contributed by atoms with Crippen molar-refractivity contribution in [3.8, 4) is 0 Å². The Bertz CT molecular complexity index is 805. The van der Waals surface area contributed by atoms with E-state index in [1.165, 1.54) is 5.56 Å². The predicted octanol–water partition coefficient (Wildman–Crippen LogP) is 3.25. The summed E-state index contributed by atoms with van der Waals surface area (Å²) in [5.41, 5.74) is 4.27. The van der Waals surface area contributed by atoms with Crippen molar-refractivity contribution in [1.29, 1.82) is 0 Å². The largest absolute Gasteiger partial charge is 0.342 e. The number of hydrogen-bond acceptors (Lipinski definition) is 5. The van der Waals surface area contributed by atoms with Gasteiger partial charge in [0.25, 0.3) is 0 Å². The number of likely N-dealkylation sites (tertiary alicyclic amines) is 1. The van der Waals surface area contributed by atoms with Gasteiger partial charge in [-0.2, -0.15) is 0 Å². The molecule has 35 heavy (non-hydrogen) atoms. The number of carbonyl (C=O) groups excluding carboxylic acids is 3. The second-order valence-corrected chi connectivity index (χ2v) is 10.5. The lowest BCUT2D eigenvalue weighted by atomic mass is 9.90. The summed E-state index contributed by atoms with van der Waals surface area (Å²) in [6.07, 6.45) is 8.43. The minimum atomic E-state index is -0.515. The average molecular weight is 487 g/mol. The zero-order chi connectivity index (χ0) is 25.2. The van der Waals surface area contributed by atoms with Crippen LogP contribution in [0.1, 0.15) is 64.4 Å². The molecule has 1 saturated heterocycles. The summed E-state index contributed by atoms with van der Waals surface area (Å²) in [6.45, 7) is 5.42. The van der Waals surface area contributed by atoms with Gasteiger partial charge in [0.2, 0.25) is 18.2 Å². The van der Waals surface area contributed by atoms with Gasteiger partial charge in [-0.05, 0) is 56.9 Å². The van der Waals surface area contributed by atoms with Crippen LogP contribution in [-0.2, 0) is 20.8 Å². The van der Waals surface area contributed by atoms with E-state index in [0.717, 1.165) is 58.0 Å². The van der Waals surface area contributed by atoms with Crippen molar-refractivity contribution in [2.45, 2.75) is 71.3 Å². The number of rotatable bonds is 12. The molecule has 1 atom stereocenters. The van der Waals surface area contributed by atoms with Crippen LogP contribution in [0.3, 0.4) is 0 Å². The van der Waals surface area contributed by atoms with Gasteiger partial charge in [0.05, 0.1) is 19.0 Å². The van der Waals surface area contributed by atoms with Crippen molar-refractivity contribution in [2.24, 2.45) is 17.8 Å². The fourth-order valence-electron chi connectivity index (χ4n) is 5.35. The molecule has 2 N–H and O–H groups in total. The van der Waals surface area contributed by atoms with E-state index in [9.17, 15) is 19.6 Å². The lowest BCUT2D eigenvalue weighted by Gasteiger charge is -2.35. The number of amides is 3. The molecular weight excluding hydrogens is 444 g/mol. The molecule has 3 rings (SSSR count). The molecule has 2 aliphatic rings. The Kier molecular flexibility index (Phi) is 10.5. The maximum atomic E-state index is 13.1. The summed E-state index contributed by atoms with van der Waals surface area (Å²) in [7, 11) is 0. The topological polar surface area (TPSA) is 93.2 Å². The molecule has 8 heteroatoms. The Balaban J connectivity index is 1.51. The minimum Gasteiger partial charge on any atom is -0.342 e. The molecule has 8 nitrogen and oxygen atoms in total. The zero-order valence-electron chi connectivity index (χ0n) is 21.3. The first-order valence-corrected chi connectivity index (χ1v) is 13.1. The first-order chi connectivity index (χ1) is 16.9. The standard InChI is InChI=1S/C27H42N4O4/c1-21(2)31(28-27(34)25(18-30(35)20-32)17-23-10-6-7-11-23)19-26(33)29-14-12-24(13-15-29)16-22-8-4-3-5-9-22/h3-5,8-9,20-21,23-25,35H,6-7,10-19H2,1-2H3,(H,28,34)/t25-/m1/s1. The molecule has 0 aromatic heterocycles. The number of nitrogens with zero attached hydrogens (tertiary/aromatic N) is 3. The van der Waals surface area contributed by atoms with Crippen LogP contribution < -0.4 is 5.43 Å². The van der Waals surface area contributed by atoms with Crippen molar-refractivity contribution in [3.05, 3.63) is 35.9 Å². The summed E-state index contributed by atoms with van der Waals surface area (Å²) in [6, 6.07) is 10.4. The van der Waals surface area contributed by atoms with E-state index in [2.05, 4.69) is 29.7 Å². The maximum Gasteiger partial charge on any atom is 0.239 e. The van der Waals surface area contributed by atoms with E-state index in [-0.39, 0.29) is 30.9 Å². The van der Waals surface area contributed by atoms with Crippen molar-refractivity contribution in [1.82, 2.24) is 20.4 Å². The Morgan fingerprint density at radius 1 is 1.09 bits per heavy atom.